The Morgan fingerprint density at radius 2 is 1.77 bits per heavy atom. The van der Waals surface area contributed by atoms with Crippen molar-refractivity contribution in [3.8, 4) is 0 Å². The minimum atomic E-state index is -0.430. The molecule has 0 fully saturated rings. The molecule has 1 aromatic heterocycles. The summed E-state index contributed by atoms with van der Waals surface area (Å²) in [6, 6.07) is 8.26. The van der Waals surface area contributed by atoms with Gasteiger partial charge in [-0.05, 0) is 45.0 Å². The number of ether oxygens (including phenoxy) is 1. The molecule has 0 aliphatic heterocycles. The fraction of sp³-hybridized carbons (Fsp3) is 0.312. The summed E-state index contributed by atoms with van der Waals surface area (Å²) in [5, 5.41) is 7.18. The highest BCUT2D eigenvalue weighted by Crippen LogP contribution is 2.17. The lowest BCUT2D eigenvalue weighted by Crippen LogP contribution is -2.17. The van der Waals surface area contributed by atoms with Crippen LogP contribution < -0.4 is 5.32 Å². The molecule has 1 heterocycles. The van der Waals surface area contributed by atoms with Crippen molar-refractivity contribution in [1.82, 2.24) is 9.78 Å². The Labute approximate surface area is 129 Å². The van der Waals surface area contributed by atoms with Gasteiger partial charge in [-0.3, -0.25) is 4.79 Å². The first-order valence-corrected chi connectivity index (χ1v) is 6.98. The number of aromatic nitrogens is 2. The van der Waals surface area contributed by atoms with E-state index in [2.05, 4.69) is 15.2 Å². The number of anilines is 1. The number of hydrogen-bond donors (Lipinski definition) is 1. The SMILES string of the molecule is COC(=O)c1ccc(C(=O)Nc2cc(C)nn2C(C)C)cc1. The first-order valence-electron chi connectivity index (χ1n) is 6.98. The van der Waals surface area contributed by atoms with Crippen LogP contribution in [-0.2, 0) is 4.74 Å². The fourth-order valence-corrected chi connectivity index (χ4v) is 2.07. The van der Waals surface area contributed by atoms with Gasteiger partial charge in [0.15, 0.2) is 0 Å². The quantitative estimate of drug-likeness (QED) is 0.881. The summed E-state index contributed by atoms with van der Waals surface area (Å²) in [5.74, 6) is -0.0340. The normalized spacial score (nSPS) is 10.6. The van der Waals surface area contributed by atoms with E-state index in [0.29, 0.717) is 16.9 Å². The van der Waals surface area contributed by atoms with Crippen molar-refractivity contribution in [2.24, 2.45) is 0 Å². The van der Waals surface area contributed by atoms with Crippen molar-refractivity contribution >= 4 is 17.7 Å². The average molecular weight is 301 g/mol. The number of aryl methyl sites for hydroxylation is 1. The van der Waals surface area contributed by atoms with Crippen LogP contribution in [0.15, 0.2) is 30.3 Å². The van der Waals surface area contributed by atoms with Crippen molar-refractivity contribution in [3.05, 3.63) is 47.2 Å². The number of carbonyl (C=O) groups is 2. The van der Waals surface area contributed by atoms with E-state index in [9.17, 15) is 9.59 Å². The predicted molar refractivity (Wildman–Crippen MR) is 83.1 cm³/mol. The first kappa shape index (κ1) is 15.8. The summed E-state index contributed by atoms with van der Waals surface area (Å²) in [6.07, 6.45) is 0. The van der Waals surface area contributed by atoms with Gasteiger partial charge in [0.05, 0.1) is 18.4 Å². The second-order valence-corrected chi connectivity index (χ2v) is 5.23. The lowest BCUT2D eigenvalue weighted by molar-refractivity contribution is 0.0600. The number of methoxy groups -OCH3 is 1. The van der Waals surface area contributed by atoms with Gasteiger partial charge in [-0.25, -0.2) is 9.48 Å². The largest absolute Gasteiger partial charge is 0.465 e. The van der Waals surface area contributed by atoms with Gasteiger partial charge in [0.2, 0.25) is 0 Å². The third-order valence-corrected chi connectivity index (χ3v) is 3.16. The number of benzene rings is 1. The maximum absolute atomic E-state index is 12.3. The maximum atomic E-state index is 12.3. The molecule has 0 spiro atoms. The van der Waals surface area contributed by atoms with Crippen molar-refractivity contribution in [2.75, 3.05) is 12.4 Å². The molecular formula is C16H19N3O3. The van der Waals surface area contributed by atoms with E-state index in [1.165, 1.54) is 7.11 Å². The Hall–Kier alpha value is -2.63. The lowest BCUT2D eigenvalue weighted by Gasteiger charge is -2.11. The number of nitrogens with zero attached hydrogens (tertiary/aromatic N) is 2. The molecule has 0 aliphatic carbocycles. The van der Waals surface area contributed by atoms with Crippen LogP contribution in [0.5, 0.6) is 0 Å². The Morgan fingerprint density at radius 3 is 2.32 bits per heavy atom. The molecule has 1 amide bonds. The number of amides is 1. The lowest BCUT2D eigenvalue weighted by atomic mass is 10.1. The van der Waals surface area contributed by atoms with Crippen LogP contribution in [0, 0.1) is 6.92 Å². The Balaban J connectivity index is 2.17. The van der Waals surface area contributed by atoms with E-state index >= 15 is 0 Å². The van der Waals surface area contributed by atoms with E-state index in [0.717, 1.165) is 5.69 Å². The highest BCUT2D eigenvalue weighted by atomic mass is 16.5. The zero-order chi connectivity index (χ0) is 16.3. The molecule has 22 heavy (non-hydrogen) atoms. The fourth-order valence-electron chi connectivity index (χ4n) is 2.07. The second kappa shape index (κ2) is 6.43. The number of nitrogens with one attached hydrogen (secondary N) is 1. The van der Waals surface area contributed by atoms with Crippen molar-refractivity contribution in [3.63, 3.8) is 0 Å². The van der Waals surface area contributed by atoms with Gasteiger partial charge in [0.25, 0.3) is 5.91 Å². The van der Waals surface area contributed by atoms with Gasteiger partial charge in [0.1, 0.15) is 5.82 Å². The summed E-state index contributed by atoms with van der Waals surface area (Å²) < 4.78 is 6.39. The summed E-state index contributed by atoms with van der Waals surface area (Å²) in [5.41, 5.74) is 1.70. The maximum Gasteiger partial charge on any atom is 0.337 e. The molecule has 0 aliphatic rings. The molecule has 0 unspecified atom stereocenters. The topological polar surface area (TPSA) is 73.2 Å². The number of carbonyl (C=O) groups excluding carboxylic acids is 2. The van der Waals surface area contributed by atoms with E-state index < -0.39 is 5.97 Å². The summed E-state index contributed by atoms with van der Waals surface area (Å²) in [7, 11) is 1.32. The van der Waals surface area contributed by atoms with Crippen LogP contribution in [0.3, 0.4) is 0 Å². The minimum absolute atomic E-state index is 0.144. The molecule has 0 atom stereocenters. The van der Waals surface area contributed by atoms with Crippen molar-refractivity contribution < 1.29 is 14.3 Å². The summed E-state index contributed by atoms with van der Waals surface area (Å²) in [6.45, 7) is 5.86. The van der Waals surface area contributed by atoms with Gasteiger partial charge in [-0.15, -0.1) is 0 Å². The molecule has 1 N–H and O–H groups in total. The Kier molecular flexibility index (Phi) is 4.60. The zero-order valence-corrected chi connectivity index (χ0v) is 13.1. The first-order chi connectivity index (χ1) is 10.4. The molecule has 0 saturated carbocycles. The van der Waals surface area contributed by atoms with Gasteiger partial charge >= 0.3 is 5.97 Å². The van der Waals surface area contributed by atoms with Crippen LogP contribution >= 0.6 is 0 Å². The third kappa shape index (κ3) is 3.33. The molecule has 1 aromatic carbocycles. The van der Waals surface area contributed by atoms with Crippen molar-refractivity contribution in [1.29, 1.82) is 0 Å². The molecule has 0 bridgehead atoms. The highest BCUT2D eigenvalue weighted by Gasteiger charge is 2.13. The molecule has 6 heteroatoms. The molecule has 0 saturated heterocycles. The summed E-state index contributed by atoms with van der Waals surface area (Å²) in [4.78, 5) is 23.7. The molecule has 6 nitrogen and oxygen atoms in total. The van der Waals surface area contributed by atoms with Gasteiger partial charge in [-0.1, -0.05) is 0 Å². The zero-order valence-electron chi connectivity index (χ0n) is 13.1. The average Bonchev–Trinajstić information content (AvgIpc) is 2.87. The van der Waals surface area contributed by atoms with Gasteiger partial charge in [-0.2, -0.15) is 5.10 Å². The highest BCUT2D eigenvalue weighted by molar-refractivity contribution is 6.04. The molecule has 2 rings (SSSR count). The monoisotopic (exact) mass is 301 g/mol. The van der Waals surface area contributed by atoms with Crippen LogP contribution in [0.1, 0.15) is 46.3 Å². The van der Waals surface area contributed by atoms with Crippen molar-refractivity contribution in [2.45, 2.75) is 26.8 Å². The Bertz CT molecular complexity index is 687. The Morgan fingerprint density at radius 1 is 1.18 bits per heavy atom. The number of esters is 1. The van der Waals surface area contributed by atoms with Gasteiger partial charge in [0, 0.05) is 17.7 Å². The number of rotatable bonds is 4. The van der Waals surface area contributed by atoms with Crippen LogP contribution in [0.25, 0.3) is 0 Å². The van der Waals surface area contributed by atoms with Crippen LogP contribution in [-0.4, -0.2) is 28.8 Å². The minimum Gasteiger partial charge on any atom is -0.465 e. The van der Waals surface area contributed by atoms with E-state index in [1.54, 1.807) is 28.9 Å². The smallest absolute Gasteiger partial charge is 0.337 e. The third-order valence-electron chi connectivity index (χ3n) is 3.16. The predicted octanol–water partition coefficient (Wildman–Crippen LogP) is 2.81. The standard InChI is InChI=1S/C16H19N3O3/c1-10(2)19-14(9-11(3)18-19)17-15(20)12-5-7-13(8-6-12)16(21)22-4/h5-10H,1-4H3,(H,17,20). The van der Waals surface area contributed by atoms with E-state index in [-0.39, 0.29) is 11.9 Å². The van der Waals surface area contributed by atoms with E-state index in [4.69, 9.17) is 0 Å². The molecule has 116 valence electrons. The molecular weight excluding hydrogens is 282 g/mol. The second-order valence-electron chi connectivity index (χ2n) is 5.23. The van der Waals surface area contributed by atoms with E-state index in [1.807, 2.05) is 26.8 Å². The van der Waals surface area contributed by atoms with Crippen LogP contribution in [0.4, 0.5) is 5.82 Å². The number of hydrogen-bond acceptors (Lipinski definition) is 4. The van der Waals surface area contributed by atoms with Gasteiger partial charge < -0.3 is 10.1 Å². The van der Waals surface area contributed by atoms with Crippen LogP contribution in [0.2, 0.25) is 0 Å². The molecule has 2 aromatic rings. The molecule has 0 radical (unpaired) electrons. The summed E-state index contributed by atoms with van der Waals surface area (Å²) >= 11 is 0.